The first kappa shape index (κ1) is 9.49. The number of hydrogen-bond acceptors (Lipinski definition) is 1. The molecule has 0 rings (SSSR count). The lowest BCUT2D eigenvalue weighted by atomic mass is 10.2. The second-order valence-corrected chi connectivity index (χ2v) is 2.03. The van der Waals surface area contributed by atoms with Gasteiger partial charge in [0.15, 0.2) is 0 Å². The maximum atomic E-state index is 11.5. The van der Waals surface area contributed by atoms with E-state index in [1.54, 1.807) is 0 Å². The zero-order valence-electron chi connectivity index (χ0n) is 5.57. The summed E-state index contributed by atoms with van der Waals surface area (Å²) in [6, 6.07) is 0. The topological polar surface area (TPSA) is 20.2 Å². The van der Waals surface area contributed by atoms with Crippen LogP contribution in [0.2, 0.25) is 0 Å². The second-order valence-electron chi connectivity index (χ2n) is 2.03. The monoisotopic (exact) mass is 154 g/mol. The molecule has 60 valence electrons. The van der Waals surface area contributed by atoms with Crippen molar-refractivity contribution in [3.8, 4) is 0 Å². The maximum Gasteiger partial charge on any atom is 0.392 e. The van der Waals surface area contributed by atoms with Gasteiger partial charge in [0.05, 0.1) is 13.0 Å². The zero-order chi connectivity index (χ0) is 8.20. The Morgan fingerprint density at radius 2 is 2.00 bits per heavy atom. The molecule has 1 N–H and O–H groups in total. The fraction of sp³-hybridized carbons (Fsp3) is 0.667. The molecule has 0 bridgehead atoms. The molecule has 0 spiro atoms. The van der Waals surface area contributed by atoms with Crippen molar-refractivity contribution in [2.75, 3.05) is 6.61 Å². The van der Waals surface area contributed by atoms with Gasteiger partial charge in [0.25, 0.3) is 0 Å². The zero-order valence-corrected chi connectivity index (χ0v) is 5.57. The summed E-state index contributed by atoms with van der Waals surface area (Å²) < 4.78 is 34.5. The predicted octanol–water partition coefficient (Wildman–Crippen LogP) is 1.88. The van der Waals surface area contributed by atoms with E-state index in [1.807, 2.05) is 0 Å². The van der Waals surface area contributed by atoms with Crippen molar-refractivity contribution in [1.29, 1.82) is 0 Å². The number of allylic oxidation sites excluding steroid dienone is 1. The van der Waals surface area contributed by atoms with Gasteiger partial charge in [0, 0.05) is 0 Å². The highest BCUT2D eigenvalue weighted by molar-refractivity contribution is 4.99. The Morgan fingerprint density at radius 1 is 1.50 bits per heavy atom. The Morgan fingerprint density at radius 3 is 2.30 bits per heavy atom. The van der Waals surface area contributed by atoms with Crippen molar-refractivity contribution < 1.29 is 18.3 Å². The van der Waals surface area contributed by atoms with Crippen LogP contribution in [0, 0.1) is 0 Å². The van der Waals surface area contributed by atoms with Crippen molar-refractivity contribution in [1.82, 2.24) is 0 Å². The Labute approximate surface area is 57.2 Å². The van der Waals surface area contributed by atoms with Crippen molar-refractivity contribution in [3.63, 3.8) is 0 Å². The van der Waals surface area contributed by atoms with Crippen LogP contribution in [-0.2, 0) is 0 Å². The average molecular weight is 154 g/mol. The summed E-state index contributed by atoms with van der Waals surface area (Å²) in [7, 11) is 0. The fourth-order valence-electron chi connectivity index (χ4n) is 0.544. The van der Waals surface area contributed by atoms with Crippen molar-refractivity contribution in [2.45, 2.75) is 19.5 Å². The minimum Gasteiger partial charge on any atom is -0.392 e. The van der Waals surface area contributed by atoms with Gasteiger partial charge in [-0.25, -0.2) is 0 Å². The number of rotatable bonds is 2. The molecular weight excluding hydrogens is 145 g/mol. The van der Waals surface area contributed by atoms with E-state index in [-0.39, 0.29) is 12.2 Å². The number of aliphatic hydroxyl groups is 1. The van der Waals surface area contributed by atoms with Crippen LogP contribution in [0.3, 0.4) is 0 Å². The highest BCUT2D eigenvalue weighted by Gasteiger charge is 2.26. The molecule has 0 aliphatic rings. The molecule has 0 radical (unpaired) electrons. The standard InChI is InChI=1S/C6H9F3O/c1-5(2-3-10)4-6(7,8)9/h2,10H,3-4H2,1H3. The van der Waals surface area contributed by atoms with E-state index in [1.165, 1.54) is 6.92 Å². The quantitative estimate of drug-likeness (QED) is 0.602. The Kier molecular flexibility index (Phi) is 3.42. The van der Waals surface area contributed by atoms with Gasteiger partial charge >= 0.3 is 6.18 Å². The summed E-state index contributed by atoms with van der Waals surface area (Å²) in [5.41, 5.74) is 0.148. The van der Waals surface area contributed by atoms with Gasteiger partial charge in [0.2, 0.25) is 0 Å². The van der Waals surface area contributed by atoms with E-state index < -0.39 is 12.6 Å². The number of halogens is 3. The van der Waals surface area contributed by atoms with Crippen LogP contribution >= 0.6 is 0 Å². The summed E-state index contributed by atoms with van der Waals surface area (Å²) >= 11 is 0. The molecule has 0 aromatic carbocycles. The van der Waals surface area contributed by atoms with E-state index in [0.717, 1.165) is 6.08 Å². The third-order valence-electron chi connectivity index (χ3n) is 0.919. The summed E-state index contributed by atoms with van der Waals surface area (Å²) in [6.45, 7) is 1.01. The van der Waals surface area contributed by atoms with Gasteiger partial charge in [0.1, 0.15) is 0 Å². The molecule has 10 heavy (non-hydrogen) atoms. The van der Waals surface area contributed by atoms with Crippen LogP contribution in [0.1, 0.15) is 13.3 Å². The third-order valence-corrected chi connectivity index (χ3v) is 0.919. The van der Waals surface area contributed by atoms with Gasteiger partial charge in [-0.2, -0.15) is 13.2 Å². The average Bonchev–Trinajstić information content (AvgIpc) is 1.59. The normalized spacial score (nSPS) is 13.9. The lowest BCUT2D eigenvalue weighted by Gasteiger charge is -2.04. The smallest absolute Gasteiger partial charge is 0.392 e. The molecule has 0 aromatic heterocycles. The first-order valence-corrected chi connectivity index (χ1v) is 2.79. The van der Waals surface area contributed by atoms with Gasteiger partial charge in [-0.15, -0.1) is 0 Å². The van der Waals surface area contributed by atoms with Gasteiger partial charge in [-0.05, 0) is 6.92 Å². The van der Waals surface area contributed by atoms with Crippen LogP contribution in [0.25, 0.3) is 0 Å². The first-order valence-electron chi connectivity index (χ1n) is 2.79. The molecule has 0 saturated heterocycles. The van der Waals surface area contributed by atoms with Crippen molar-refractivity contribution in [2.24, 2.45) is 0 Å². The minimum absolute atomic E-state index is 0.148. The van der Waals surface area contributed by atoms with Crippen LogP contribution in [0.5, 0.6) is 0 Å². The van der Waals surface area contributed by atoms with Crippen molar-refractivity contribution in [3.05, 3.63) is 11.6 Å². The summed E-state index contributed by atoms with van der Waals surface area (Å²) in [4.78, 5) is 0. The van der Waals surface area contributed by atoms with Crippen LogP contribution in [0.4, 0.5) is 13.2 Å². The van der Waals surface area contributed by atoms with E-state index in [4.69, 9.17) is 5.11 Å². The number of alkyl halides is 3. The van der Waals surface area contributed by atoms with Crippen LogP contribution in [-0.4, -0.2) is 17.9 Å². The molecule has 0 amide bonds. The Hall–Kier alpha value is -0.510. The molecule has 0 aliphatic carbocycles. The molecular formula is C6H9F3O. The van der Waals surface area contributed by atoms with Gasteiger partial charge in [-0.3, -0.25) is 0 Å². The summed E-state index contributed by atoms with van der Waals surface area (Å²) in [6.07, 6.45) is -3.95. The summed E-state index contributed by atoms with van der Waals surface area (Å²) in [5.74, 6) is 0. The predicted molar refractivity (Wildman–Crippen MR) is 31.5 cm³/mol. The molecule has 0 saturated carbocycles. The molecule has 0 aliphatic heterocycles. The van der Waals surface area contributed by atoms with Crippen LogP contribution in [0.15, 0.2) is 11.6 Å². The first-order chi connectivity index (χ1) is 4.45. The maximum absolute atomic E-state index is 11.5. The molecule has 0 fully saturated rings. The third kappa shape index (κ3) is 5.62. The molecule has 0 atom stereocenters. The van der Waals surface area contributed by atoms with E-state index in [9.17, 15) is 13.2 Å². The molecule has 0 heterocycles. The molecule has 1 nitrogen and oxygen atoms in total. The van der Waals surface area contributed by atoms with Crippen LogP contribution < -0.4 is 0 Å². The van der Waals surface area contributed by atoms with E-state index in [0.29, 0.717) is 0 Å². The molecule has 0 unspecified atom stereocenters. The van der Waals surface area contributed by atoms with Crippen molar-refractivity contribution >= 4 is 0 Å². The second kappa shape index (κ2) is 3.61. The Bertz CT molecular complexity index is 125. The lowest BCUT2D eigenvalue weighted by Crippen LogP contribution is -2.07. The number of aliphatic hydroxyl groups excluding tert-OH is 1. The highest BCUT2D eigenvalue weighted by Crippen LogP contribution is 2.23. The van der Waals surface area contributed by atoms with E-state index in [2.05, 4.69) is 0 Å². The Balaban J connectivity index is 3.79. The van der Waals surface area contributed by atoms with Gasteiger partial charge < -0.3 is 5.11 Å². The number of hydrogen-bond donors (Lipinski definition) is 1. The van der Waals surface area contributed by atoms with Gasteiger partial charge in [-0.1, -0.05) is 11.6 Å². The molecule has 4 heteroatoms. The highest BCUT2D eigenvalue weighted by atomic mass is 19.4. The minimum atomic E-state index is -4.16. The summed E-state index contributed by atoms with van der Waals surface area (Å²) in [5, 5.41) is 8.19. The largest absolute Gasteiger partial charge is 0.392 e. The SMILES string of the molecule is CC(=CCO)CC(F)(F)F. The lowest BCUT2D eigenvalue weighted by molar-refractivity contribution is -0.127. The van der Waals surface area contributed by atoms with E-state index >= 15 is 0 Å². The fourth-order valence-corrected chi connectivity index (χ4v) is 0.544. The molecule has 0 aromatic rings.